The minimum absolute atomic E-state index is 0.221. The maximum atomic E-state index is 9.22. The highest BCUT2D eigenvalue weighted by Crippen LogP contribution is 2.24. The van der Waals surface area contributed by atoms with Crippen LogP contribution in [0.5, 0.6) is 0 Å². The zero-order chi connectivity index (χ0) is 11.4. The van der Waals surface area contributed by atoms with E-state index in [0.29, 0.717) is 5.69 Å². The van der Waals surface area contributed by atoms with Crippen LogP contribution >= 0.6 is 0 Å². The lowest BCUT2D eigenvalue weighted by Gasteiger charge is -2.09. The Morgan fingerprint density at radius 2 is 1.44 bits per heavy atom. The van der Waals surface area contributed by atoms with E-state index in [9.17, 15) is 5.26 Å². The predicted molar refractivity (Wildman–Crippen MR) is 64.8 cm³/mol. The van der Waals surface area contributed by atoms with E-state index in [-0.39, 0.29) is 5.92 Å². The van der Waals surface area contributed by atoms with Gasteiger partial charge in [0.05, 0.1) is 12.0 Å². The summed E-state index contributed by atoms with van der Waals surface area (Å²) in [4.78, 5) is 0. The molecule has 0 radical (unpaired) electrons. The molecule has 0 saturated heterocycles. The van der Waals surface area contributed by atoms with E-state index in [0.717, 1.165) is 11.1 Å². The molecule has 2 N–H and O–H groups in total. The molecule has 2 aromatic carbocycles. The van der Waals surface area contributed by atoms with Gasteiger partial charge in [-0.05, 0) is 23.3 Å². The zero-order valence-corrected chi connectivity index (χ0v) is 8.80. The summed E-state index contributed by atoms with van der Waals surface area (Å²) in [6.07, 6.45) is 0. The van der Waals surface area contributed by atoms with Gasteiger partial charge in [0.1, 0.15) is 0 Å². The van der Waals surface area contributed by atoms with Crippen molar-refractivity contribution in [2.75, 3.05) is 5.73 Å². The first-order chi connectivity index (χ1) is 7.81. The number of benzene rings is 2. The van der Waals surface area contributed by atoms with Crippen LogP contribution in [0.25, 0.3) is 0 Å². The highest BCUT2D eigenvalue weighted by Gasteiger charge is 2.11. The molecule has 2 nitrogen and oxygen atoms in total. The highest BCUT2D eigenvalue weighted by atomic mass is 14.5. The van der Waals surface area contributed by atoms with E-state index in [1.165, 1.54) is 0 Å². The Bertz CT molecular complexity index is 495. The second-order valence-corrected chi connectivity index (χ2v) is 3.64. The first-order valence-corrected chi connectivity index (χ1v) is 5.11. The van der Waals surface area contributed by atoms with Crippen LogP contribution in [0.1, 0.15) is 17.0 Å². The SMILES string of the molecule is N#C[C@H](c1ccccc1)c1ccc(N)cc1. The number of hydrogen-bond donors (Lipinski definition) is 1. The second-order valence-electron chi connectivity index (χ2n) is 3.64. The summed E-state index contributed by atoms with van der Waals surface area (Å²) in [5.41, 5.74) is 8.32. The molecule has 0 aliphatic rings. The van der Waals surface area contributed by atoms with E-state index >= 15 is 0 Å². The van der Waals surface area contributed by atoms with Gasteiger partial charge >= 0.3 is 0 Å². The van der Waals surface area contributed by atoms with Crippen LogP contribution in [0.4, 0.5) is 5.69 Å². The number of rotatable bonds is 2. The number of anilines is 1. The van der Waals surface area contributed by atoms with Crippen molar-refractivity contribution in [1.29, 1.82) is 5.26 Å². The van der Waals surface area contributed by atoms with Crippen molar-refractivity contribution in [2.45, 2.75) is 5.92 Å². The summed E-state index contributed by atoms with van der Waals surface area (Å²) >= 11 is 0. The third kappa shape index (κ3) is 2.04. The fourth-order valence-corrected chi connectivity index (χ4v) is 1.68. The van der Waals surface area contributed by atoms with Crippen LogP contribution < -0.4 is 5.73 Å². The molecular weight excluding hydrogens is 196 g/mol. The largest absolute Gasteiger partial charge is 0.399 e. The maximum absolute atomic E-state index is 9.22. The number of nitriles is 1. The van der Waals surface area contributed by atoms with Gasteiger partial charge in [-0.25, -0.2) is 0 Å². The molecule has 0 saturated carbocycles. The van der Waals surface area contributed by atoms with E-state index in [4.69, 9.17) is 5.73 Å². The van der Waals surface area contributed by atoms with Gasteiger partial charge in [-0.1, -0.05) is 42.5 Å². The van der Waals surface area contributed by atoms with Crippen molar-refractivity contribution in [3.63, 3.8) is 0 Å². The molecule has 0 aliphatic carbocycles. The molecule has 0 fully saturated rings. The van der Waals surface area contributed by atoms with Crippen LogP contribution in [0.2, 0.25) is 0 Å². The molecule has 0 amide bonds. The first-order valence-electron chi connectivity index (χ1n) is 5.11. The van der Waals surface area contributed by atoms with Gasteiger partial charge in [0.15, 0.2) is 0 Å². The highest BCUT2D eigenvalue weighted by molar-refractivity contribution is 5.44. The molecule has 0 bridgehead atoms. The third-order valence-electron chi connectivity index (χ3n) is 2.53. The summed E-state index contributed by atoms with van der Waals surface area (Å²) in [6, 6.07) is 19.5. The van der Waals surface area contributed by atoms with Crippen LogP contribution in [0.3, 0.4) is 0 Å². The van der Waals surface area contributed by atoms with E-state index in [2.05, 4.69) is 6.07 Å². The van der Waals surface area contributed by atoms with Gasteiger partial charge in [0, 0.05) is 5.69 Å². The van der Waals surface area contributed by atoms with Crippen molar-refractivity contribution in [3.05, 3.63) is 65.7 Å². The molecule has 0 aromatic heterocycles. The Morgan fingerprint density at radius 1 is 0.875 bits per heavy atom. The van der Waals surface area contributed by atoms with Gasteiger partial charge in [-0.15, -0.1) is 0 Å². The van der Waals surface area contributed by atoms with E-state index in [1.54, 1.807) is 0 Å². The maximum Gasteiger partial charge on any atom is 0.0962 e. The molecular formula is C14H12N2. The second kappa shape index (κ2) is 4.50. The smallest absolute Gasteiger partial charge is 0.0962 e. The summed E-state index contributed by atoms with van der Waals surface area (Å²) in [5, 5.41) is 9.22. The van der Waals surface area contributed by atoms with Gasteiger partial charge in [0.2, 0.25) is 0 Å². The third-order valence-corrected chi connectivity index (χ3v) is 2.53. The van der Waals surface area contributed by atoms with Gasteiger partial charge in [-0.2, -0.15) is 5.26 Å². The molecule has 78 valence electrons. The standard InChI is InChI=1S/C14H12N2/c15-10-14(11-4-2-1-3-5-11)12-6-8-13(16)9-7-12/h1-9,14H,16H2/t14-/m1/s1. The Kier molecular flexibility index (Phi) is 2.88. The molecule has 2 aromatic rings. The van der Waals surface area contributed by atoms with Crippen LogP contribution in [-0.2, 0) is 0 Å². The van der Waals surface area contributed by atoms with E-state index in [1.807, 2.05) is 54.6 Å². The predicted octanol–water partition coefficient (Wildman–Crippen LogP) is 2.92. The molecule has 0 spiro atoms. The van der Waals surface area contributed by atoms with Crippen molar-refractivity contribution in [2.24, 2.45) is 0 Å². The lowest BCUT2D eigenvalue weighted by molar-refractivity contribution is 1.04. The fourth-order valence-electron chi connectivity index (χ4n) is 1.68. The molecule has 0 heterocycles. The van der Waals surface area contributed by atoms with Crippen molar-refractivity contribution >= 4 is 5.69 Å². The Balaban J connectivity index is 2.38. The number of nitrogens with two attached hydrogens (primary N) is 1. The molecule has 0 unspecified atom stereocenters. The lowest BCUT2D eigenvalue weighted by atomic mass is 9.93. The van der Waals surface area contributed by atoms with Crippen molar-refractivity contribution < 1.29 is 0 Å². The molecule has 2 rings (SSSR count). The fraction of sp³-hybridized carbons (Fsp3) is 0.0714. The monoisotopic (exact) mass is 208 g/mol. The molecule has 1 atom stereocenters. The number of nitrogen functional groups attached to an aromatic ring is 1. The van der Waals surface area contributed by atoms with Crippen LogP contribution in [0, 0.1) is 11.3 Å². The van der Waals surface area contributed by atoms with E-state index < -0.39 is 0 Å². The molecule has 16 heavy (non-hydrogen) atoms. The summed E-state index contributed by atoms with van der Waals surface area (Å²) < 4.78 is 0. The normalized spacial score (nSPS) is 11.7. The quantitative estimate of drug-likeness (QED) is 0.771. The van der Waals surface area contributed by atoms with Crippen molar-refractivity contribution in [1.82, 2.24) is 0 Å². The van der Waals surface area contributed by atoms with Crippen LogP contribution in [-0.4, -0.2) is 0 Å². The Hall–Kier alpha value is -2.27. The Morgan fingerprint density at radius 3 is 2.00 bits per heavy atom. The Labute approximate surface area is 95.0 Å². The molecule has 2 heteroatoms. The lowest BCUT2D eigenvalue weighted by Crippen LogP contribution is -1.98. The van der Waals surface area contributed by atoms with Crippen molar-refractivity contribution in [3.8, 4) is 6.07 Å². The van der Waals surface area contributed by atoms with Crippen LogP contribution in [0.15, 0.2) is 54.6 Å². The average Bonchev–Trinajstić information content (AvgIpc) is 2.34. The van der Waals surface area contributed by atoms with Gasteiger partial charge < -0.3 is 5.73 Å². The minimum atomic E-state index is -0.221. The summed E-state index contributed by atoms with van der Waals surface area (Å²) in [7, 11) is 0. The number of hydrogen-bond acceptors (Lipinski definition) is 2. The topological polar surface area (TPSA) is 49.8 Å². The zero-order valence-electron chi connectivity index (χ0n) is 8.80. The first kappa shape index (κ1) is 10.3. The minimum Gasteiger partial charge on any atom is -0.399 e. The summed E-state index contributed by atoms with van der Waals surface area (Å²) in [5.74, 6) is -0.221. The van der Waals surface area contributed by atoms with Gasteiger partial charge in [-0.3, -0.25) is 0 Å². The summed E-state index contributed by atoms with van der Waals surface area (Å²) in [6.45, 7) is 0. The average molecular weight is 208 g/mol. The molecule has 0 aliphatic heterocycles. The number of nitrogens with zero attached hydrogens (tertiary/aromatic N) is 1. The van der Waals surface area contributed by atoms with Gasteiger partial charge in [0.25, 0.3) is 0 Å².